The molecule has 100 valence electrons. The van der Waals surface area contributed by atoms with Crippen molar-refractivity contribution in [3.05, 3.63) is 53.9 Å². The van der Waals surface area contributed by atoms with Crippen LogP contribution >= 0.6 is 0 Å². The average Bonchev–Trinajstić information content (AvgIpc) is 2.48. The van der Waals surface area contributed by atoms with Crippen LogP contribution in [0.15, 0.2) is 42.6 Å². The van der Waals surface area contributed by atoms with E-state index in [4.69, 9.17) is 15.2 Å². The Labute approximate surface area is 113 Å². The number of aromatic nitrogens is 1. The second-order valence-corrected chi connectivity index (χ2v) is 4.10. The maximum absolute atomic E-state index is 5.68. The number of nitrogens with zero attached hydrogens (tertiary/aromatic N) is 1. The third-order valence-corrected chi connectivity index (χ3v) is 2.81. The molecule has 4 heteroatoms. The second-order valence-electron chi connectivity index (χ2n) is 4.10. The van der Waals surface area contributed by atoms with Crippen LogP contribution in [0.1, 0.15) is 11.3 Å². The molecule has 0 bridgehead atoms. The molecule has 2 aromatic rings. The van der Waals surface area contributed by atoms with E-state index in [1.807, 2.05) is 36.4 Å². The van der Waals surface area contributed by atoms with Crippen LogP contribution < -0.4 is 15.2 Å². The SMILES string of the molecule is COc1cnc(CCOc2ccccc2)cc1CN. The van der Waals surface area contributed by atoms with Crippen LogP contribution in [0.5, 0.6) is 11.5 Å². The van der Waals surface area contributed by atoms with Crippen molar-refractivity contribution in [3.63, 3.8) is 0 Å². The zero-order valence-electron chi connectivity index (χ0n) is 11.0. The topological polar surface area (TPSA) is 57.4 Å². The quantitative estimate of drug-likeness (QED) is 0.862. The molecule has 0 saturated heterocycles. The summed E-state index contributed by atoms with van der Waals surface area (Å²) in [6.07, 6.45) is 2.45. The van der Waals surface area contributed by atoms with Gasteiger partial charge >= 0.3 is 0 Å². The summed E-state index contributed by atoms with van der Waals surface area (Å²) in [5.74, 6) is 1.60. The Bertz CT molecular complexity index is 515. The lowest BCUT2D eigenvalue weighted by molar-refractivity contribution is 0.320. The van der Waals surface area contributed by atoms with Gasteiger partial charge in [0, 0.05) is 24.2 Å². The molecule has 4 nitrogen and oxygen atoms in total. The molecule has 0 fully saturated rings. The summed E-state index contributed by atoms with van der Waals surface area (Å²) in [4.78, 5) is 4.33. The fourth-order valence-electron chi connectivity index (χ4n) is 1.80. The summed E-state index contributed by atoms with van der Waals surface area (Å²) in [5, 5.41) is 0. The van der Waals surface area contributed by atoms with Crippen molar-refractivity contribution >= 4 is 0 Å². The van der Waals surface area contributed by atoms with Gasteiger partial charge in [-0.15, -0.1) is 0 Å². The average molecular weight is 258 g/mol. The second kappa shape index (κ2) is 6.75. The number of pyridine rings is 1. The third kappa shape index (κ3) is 3.69. The van der Waals surface area contributed by atoms with Crippen LogP contribution in [-0.2, 0) is 13.0 Å². The summed E-state index contributed by atoms with van der Waals surface area (Å²) < 4.78 is 10.8. The predicted octanol–water partition coefficient (Wildman–Crippen LogP) is 2.17. The normalized spacial score (nSPS) is 10.2. The van der Waals surface area contributed by atoms with Crippen molar-refractivity contribution < 1.29 is 9.47 Å². The van der Waals surface area contributed by atoms with Crippen molar-refractivity contribution in [2.45, 2.75) is 13.0 Å². The molecule has 0 atom stereocenters. The van der Waals surface area contributed by atoms with Gasteiger partial charge < -0.3 is 15.2 Å². The molecule has 0 aliphatic carbocycles. The third-order valence-electron chi connectivity index (χ3n) is 2.81. The number of rotatable bonds is 6. The molecule has 2 N–H and O–H groups in total. The Morgan fingerprint density at radius 3 is 2.68 bits per heavy atom. The first-order valence-electron chi connectivity index (χ1n) is 6.23. The highest BCUT2D eigenvalue weighted by Crippen LogP contribution is 2.17. The summed E-state index contributed by atoms with van der Waals surface area (Å²) in [5.41, 5.74) is 7.60. The first-order valence-corrected chi connectivity index (χ1v) is 6.23. The standard InChI is InChI=1S/C15H18N2O2/c1-18-15-11-17-13(9-12(15)10-16)7-8-19-14-5-3-2-4-6-14/h2-6,9,11H,7-8,10,16H2,1H3. The van der Waals surface area contributed by atoms with E-state index in [9.17, 15) is 0 Å². The molecular formula is C15H18N2O2. The minimum Gasteiger partial charge on any atom is -0.495 e. The van der Waals surface area contributed by atoms with E-state index in [1.54, 1.807) is 13.3 Å². The van der Waals surface area contributed by atoms with Crippen LogP contribution in [0.4, 0.5) is 0 Å². The van der Waals surface area contributed by atoms with E-state index in [0.29, 0.717) is 13.2 Å². The Balaban J connectivity index is 1.93. The van der Waals surface area contributed by atoms with E-state index >= 15 is 0 Å². The van der Waals surface area contributed by atoms with E-state index < -0.39 is 0 Å². The van der Waals surface area contributed by atoms with E-state index in [1.165, 1.54) is 0 Å². The molecule has 2 rings (SSSR count). The molecule has 1 heterocycles. The summed E-state index contributed by atoms with van der Waals surface area (Å²) in [6, 6.07) is 11.7. The molecule has 19 heavy (non-hydrogen) atoms. The van der Waals surface area contributed by atoms with Gasteiger partial charge in [0.15, 0.2) is 0 Å². The predicted molar refractivity (Wildman–Crippen MR) is 74.3 cm³/mol. The number of hydrogen-bond donors (Lipinski definition) is 1. The van der Waals surface area contributed by atoms with E-state index in [-0.39, 0.29) is 0 Å². The summed E-state index contributed by atoms with van der Waals surface area (Å²) in [7, 11) is 1.62. The fourth-order valence-corrected chi connectivity index (χ4v) is 1.80. The Morgan fingerprint density at radius 2 is 2.00 bits per heavy atom. The molecule has 0 saturated carbocycles. The van der Waals surface area contributed by atoms with Crippen LogP contribution in [0.2, 0.25) is 0 Å². The minimum atomic E-state index is 0.443. The summed E-state index contributed by atoms with van der Waals surface area (Å²) >= 11 is 0. The number of para-hydroxylation sites is 1. The number of benzene rings is 1. The van der Waals surface area contributed by atoms with Gasteiger partial charge in [0.1, 0.15) is 11.5 Å². The Kier molecular flexibility index (Phi) is 4.75. The van der Waals surface area contributed by atoms with Gasteiger partial charge in [-0.05, 0) is 18.2 Å². The minimum absolute atomic E-state index is 0.443. The Morgan fingerprint density at radius 1 is 1.21 bits per heavy atom. The largest absolute Gasteiger partial charge is 0.495 e. The van der Waals surface area contributed by atoms with Crippen molar-refractivity contribution in [2.24, 2.45) is 5.73 Å². The number of hydrogen-bond acceptors (Lipinski definition) is 4. The number of methoxy groups -OCH3 is 1. The maximum Gasteiger partial charge on any atom is 0.141 e. The van der Waals surface area contributed by atoms with Gasteiger partial charge in [0.25, 0.3) is 0 Å². The highest BCUT2D eigenvalue weighted by molar-refractivity contribution is 5.32. The molecule has 0 aliphatic rings. The van der Waals surface area contributed by atoms with Crippen LogP contribution in [-0.4, -0.2) is 18.7 Å². The lowest BCUT2D eigenvalue weighted by Gasteiger charge is -2.09. The fraction of sp³-hybridized carbons (Fsp3) is 0.267. The van der Waals surface area contributed by atoms with Gasteiger partial charge in [-0.1, -0.05) is 18.2 Å². The lowest BCUT2D eigenvalue weighted by atomic mass is 10.2. The van der Waals surface area contributed by atoms with E-state index in [0.717, 1.165) is 29.2 Å². The molecular weight excluding hydrogens is 240 g/mol. The van der Waals surface area contributed by atoms with Crippen molar-refractivity contribution in [3.8, 4) is 11.5 Å². The van der Waals surface area contributed by atoms with Gasteiger partial charge in [-0.25, -0.2) is 0 Å². The molecule has 0 unspecified atom stereocenters. The molecule has 0 radical (unpaired) electrons. The van der Waals surface area contributed by atoms with Gasteiger partial charge in [-0.3, -0.25) is 4.98 Å². The first-order chi connectivity index (χ1) is 9.33. The van der Waals surface area contributed by atoms with Crippen LogP contribution in [0.25, 0.3) is 0 Å². The van der Waals surface area contributed by atoms with Crippen molar-refractivity contribution in [2.75, 3.05) is 13.7 Å². The molecule has 0 amide bonds. The molecule has 0 aliphatic heterocycles. The van der Waals surface area contributed by atoms with Gasteiger partial charge in [0.2, 0.25) is 0 Å². The zero-order chi connectivity index (χ0) is 13.5. The Hall–Kier alpha value is -2.07. The monoisotopic (exact) mass is 258 g/mol. The van der Waals surface area contributed by atoms with Gasteiger partial charge in [0.05, 0.1) is 19.9 Å². The highest BCUT2D eigenvalue weighted by Gasteiger charge is 2.04. The number of nitrogens with two attached hydrogens (primary N) is 1. The van der Waals surface area contributed by atoms with Crippen LogP contribution in [0.3, 0.4) is 0 Å². The lowest BCUT2D eigenvalue weighted by Crippen LogP contribution is -2.06. The molecule has 1 aromatic heterocycles. The number of ether oxygens (including phenoxy) is 2. The first kappa shape index (κ1) is 13.4. The maximum atomic E-state index is 5.68. The van der Waals surface area contributed by atoms with Gasteiger partial charge in [-0.2, -0.15) is 0 Å². The smallest absolute Gasteiger partial charge is 0.141 e. The van der Waals surface area contributed by atoms with Crippen molar-refractivity contribution in [1.82, 2.24) is 4.98 Å². The summed E-state index contributed by atoms with van der Waals surface area (Å²) in [6.45, 7) is 1.03. The van der Waals surface area contributed by atoms with Crippen molar-refractivity contribution in [1.29, 1.82) is 0 Å². The van der Waals surface area contributed by atoms with E-state index in [2.05, 4.69) is 4.98 Å². The van der Waals surface area contributed by atoms with Crippen LogP contribution in [0, 0.1) is 0 Å². The molecule has 1 aromatic carbocycles. The molecule has 0 spiro atoms. The zero-order valence-corrected chi connectivity index (χ0v) is 11.0. The highest BCUT2D eigenvalue weighted by atomic mass is 16.5.